The summed E-state index contributed by atoms with van der Waals surface area (Å²) in [5.41, 5.74) is 0.367. The van der Waals surface area contributed by atoms with Crippen molar-refractivity contribution in [3.05, 3.63) is 23.8 Å². The summed E-state index contributed by atoms with van der Waals surface area (Å²) >= 11 is 5.14. The molecule has 1 rings (SSSR count). The predicted octanol–water partition coefficient (Wildman–Crippen LogP) is 2.04. The zero-order valence-corrected chi connectivity index (χ0v) is 9.71. The first-order valence-electron chi connectivity index (χ1n) is 4.52. The Morgan fingerprint density at radius 1 is 1.19 bits per heavy atom. The maximum atomic E-state index is 11.5. The van der Waals surface area contributed by atoms with Gasteiger partial charge < -0.3 is 9.47 Å². The molecule has 0 amide bonds. The summed E-state index contributed by atoms with van der Waals surface area (Å²) in [5.74, 6) is 0.618. The number of benzene rings is 1. The molecule has 1 aromatic rings. The molecule has 0 saturated heterocycles. The Bertz CT molecular complexity index is 414. The maximum Gasteiger partial charge on any atom is 0.229 e. The smallest absolute Gasteiger partial charge is 0.229 e. The molecule has 4 nitrogen and oxygen atoms in total. The SMILES string of the molecule is COc1ccc(C(=O)CC(=O)Cl)cc1OC. The molecule has 86 valence electrons. The van der Waals surface area contributed by atoms with Crippen molar-refractivity contribution in [1.82, 2.24) is 0 Å². The lowest BCUT2D eigenvalue weighted by Crippen LogP contribution is -2.04. The first kappa shape index (κ1) is 12.5. The first-order valence-corrected chi connectivity index (χ1v) is 4.90. The number of hydrogen-bond acceptors (Lipinski definition) is 4. The fourth-order valence-corrected chi connectivity index (χ4v) is 1.36. The molecule has 1 aromatic carbocycles. The molecule has 0 heterocycles. The Labute approximate surface area is 98.1 Å². The van der Waals surface area contributed by atoms with Gasteiger partial charge >= 0.3 is 0 Å². The average molecular weight is 243 g/mol. The van der Waals surface area contributed by atoms with E-state index in [1.54, 1.807) is 12.1 Å². The van der Waals surface area contributed by atoms with E-state index in [4.69, 9.17) is 21.1 Å². The summed E-state index contributed by atoms with van der Waals surface area (Å²) in [6.07, 6.45) is -0.322. The van der Waals surface area contributed by atoms with Crippen LogP contribution in [0.2, 0.25) is 0 Å². The lowest BCUT2D eigenvalue weighted by Gasteiger charge is -2.08. The van der Waals surface area contributed by atoms with Crippen molar-refractivity contribution in [2.75, 3.05) is 14.2 Å². The third kappa shape index (κ3) is 2.97. The van der Waals surface area contributed by atoms with Gasteiger partial charge in [0, 0.05) is 5.56 Å². The van der Waals surface area contributed by atoms with Crippen molar-refractivity contribution < 1.29 is 19.1 Å². The number of carbonyl (C=O) groups excluding carboxylic acids is 2. The second kappa shape index (κ2) is 5.51. The van der Waals surface area contributed by atoms with E-state index in [9.17, 15) is 9.59 Å². The van der Waals surface area contributed by atoms with Crippen LogP contribution in [0.3, 0.4) is 0 Å². The van der Waals surface area contributed by atoms with Gasteiger partial charge in [0.25, 0.3) is 0 Å². The third-order valence-electron chi connectivity index (χ3n) is 2.01. The van der Waals surface area contributed by atoms with Crippen LogP contribution in [0, 0.1) is 0 Å². The van der Waals surface area contributed by atoms with Crippen LogP contribution in [-0.4, -0.2) is 25.2 Å². The Morgan fingerprint density at radius 2 is 1.81 bits per heavy atom. The van der Waals surface area contributed by atoms with Crippen LogP contribution >= 0.6 is 11.6 Å². The van der Waals surface area contributed by atoms with Crippen LogP contribution in [0.5, 0.6) is 11.5 Å². The topological polar surface area (TPSA) is 52.6 Å². The zero-order valence-electron chi connectivity index (χ0n) is 8.95. The van der Waals surface area contributed by atoms with Crippen LogP contribution in [-0.2, 0) is 4.79 Å². The minimum atomic E-state index is -0.681. The van der Waals surface area contributed by atoms with Gasteiger partial charge in [0.1, 0.15) is 0 Å². The minimum Gasteiger partial charge on any atom is -0.493 e. The molecule has 0 unspecified atom stereocenters. The Hall–Kier alpha value is -1.55. The number of ketones is 1. The third-order valence-corrected chi connectivity index (χ3v) is 2.14. The highest BCUT2D eigenvalue weighted by Gasteiger charge is 2.12. The van der Waals surface area contributed by atoms with E-state index < -0.39 is 5.24 Å². The van der Waals surface area contributed by atoms with E-state index in [2.05, 4.69) is 0 Å². The highest BCUT2D eigenvalue weighted by atomic mass is 35.5. The molecule has 0 atom stereocenters. The van der Waals surface area contributed by atoms with Gasteiger partial charge in [-0.05, 0) is 29.8 Å². The van der Waals surface area contributed by atoms with E-state index in [1.165, 1.54) is 20.3 Å². The lowest BCUT2D eigenvalue weighted by atomic mass is 10.1. The van der Waals surface area contributed by atoms with Crippen LogP contribution in [0.25, 0.3) is 0 Å². The van der Waals surface area contributed by atoms with Gasteiger partial charge in [-0.1, -0.05) is 0 Å². The summed E-state index contributed by atoms with van der Waals surface area (Å²) in [7, 11) is 2.97. The standard InChI is InChI=1S/C11H11ClO4/c1-15-9-4-3-7(5-10(9)16-2)8(13)6-11(12)14/h3-5H,6H2,1-2H3. The number of Topliss-reactive ketones (excluding diaryl/α,β-unsaturated/α-hetero) is 1. The van der Waals surface area contributed by atoms with Gasteiger partial charge in [-0.3, -0.25) is 9.59 Å². The van der Waals surface area contributed by atoms with Gasteiger partial charge in [0.05, 0.1) is 20.6 Å². The summed E-state index contributed by atoms with van der Waals surface area (Å²) < 4.78 is 10.1. The summed E-state index contributed by atoms with van der Waals surface area (Å²) in [6.45, 7) is 0. The molecule has 0 aliphatic carbocycles. The molecule has 0 saturated carbocycles. The average Bonchev–Trinajstić information content (AvgIpc) is 2.27. The van der Waals surface area contributed by atoms with Crippen molar-refractivity contribution in [3.63, 3.8) is 0 Å². The molecule has 0 N–H and O–H groups in total. The largest absolute Gasteiger partial charge is 0.493 e. The summed E-state index contributed by atoms with van der Waals surface area (Å²) in [4.78, 5) is 22.1. The van der Waals surface area contributed by atoms with Crippen molar-refractivity contribution in [1.29, 1.82) is 0 Å². The Morgan fingerprint density at radius 3 is 2.31 bits per heavy atom. The van der Waals surface area contributed by atoms with Gasteiger partial charge in [0.2, 0.25) is 5.24 Å². The number of halogens is 1. The number of hydrogen-bond donors (Lipinski definition) is 0. The van der Waals surface area contributed by atoms with E-state index in [-0.39, 0.29) is 12.2 Å². The summed E-state index contributed by atoms with van der Waals surface area (Å²) in [5, 5.41) is -0.681. The van der Waals surface area contributed by atoms with Gasteiger partial charge in [-0.15, -0.1) is 0 Å². The quantitative estimate of drug-likeness (QED) is 0.450. The highest BCUT2D eigenvalue weighted by molar-refractivity contribution is 6.65. The van der Waals surface area contributed by atoms with Crippen LogP contribution in [0.1, 0.15) is 16.8 Å². The molecule has 0 radical (unpaired) electrons. The molecule has 0 aliphatic rings. The minimum absolute atomic E-state index is 0.322. The number of carbonyl (C=O) groups is 2. The predicted molar refractivity (Wildman–Crippen MR) is 59.4 cm³/mol. The number of ether oxygens (including phenoxy) is 2. The number of rotatable bonds is 5. The van der Waals surface area contributed by atoms with Gasteiger partial charge in [-0.25, -0.2) is 0 Å². The normalized spacial score (nSPS) is 9.69. The molecule has 0 aliphatic heterocycles. The van der Waals surface area contributed by atoms with Gasteiger partial charge in [0.15, 0.2) is 17.3 Å². The van der Waals surface area contributed by atoms with Crippen LogP contribution in [0.4, 0.5) is 0 Å². The molecular weight excluding hydrogens is 232 g/mol. The Balaban J connectivity index is 2.98. The van der Waals surface area contributed by atoms with Crippen molar-refractivity contribution in [2.24, 2.45) is 0 Å². The molecule has 16 heavy (non-hydrogen) atoms. The summed E-state index contributed by atoms with van der Waals surface area (Å²) in [6, 6.07) is 4.68. The molecule has 0 fully saturated rings. The van der Waals surface area contributed by atoms with Crippen molar-refractivity contribution in [3.8, 4) is 11.5 Å². The van der Waals surface area contributed by atoms with E-state index in [0.717, 1.165) is 0 Å². The molecule has 0 bridgehead atoms. The maximum absolute atomic E-state index is 11.5. The fourth-order valence-electron chi connectivity index (χ4n) is 1.24. The highest BCUT2D eigenvalue weighted by Crippen LogP contribution is 2.27. The fraction of sp³-hybridized carbons (Fsp3) is 0.273. The lowest BCUT2D eigenvalue weighted by molar-refractivity contribution is -0.110. The number of methoxy groups -OCH3 is 2. The Kier molecular flexibility index (Phi) is 4.31. The second-order valence-electron chi connectivity index (χ2n) is 3.02. The first-order chi connectivity index (χ1) is 7.58. The van der Waals surface area contributed by atoms with E-state index >= 15 is 0 Å². The van der Waals surface area contributed by atoms with Crippen molar-refractivity contribution in [2.45, 2.75) is 6.42 Å². The molecule has 0 aromatic heterocycles. The molecular formula is C11H11ClO4. The van der Waals surface area contributed by atoms with E-state index in [0.29, 0.717) is 17.1 Å². The molecule has 0 spiro atoms. The van der Waals surface area contributed by atoms with Crippen LogP contribution in [0.15, 0.2) is 18.2 Å². The van der Waals surface area contributed by atoms with Crippen molar-refractivity contribution >= 4 is 22.6 Å². The monoisotopic (exact) mass is 242 g/mol. The van der Waals surface area contributed by atoms with Crippen LogP contribution < -0.4 is 9.47 Å². The van der Waals surface area contributed by atoms with E-state index in [1.807, 2.05) is 0 Å². The second-order valence-corrected chi connectivity index (χ2v) is 3.45. The molecule has 5 heteroatoms. The zero-order chi connectivity index (χ0) is 12.1. The van der Waals surface area contributed by atoms with Gasteiger partial charge in [-0.2, -0.15) is 0 Å².